The summed E-state index contributed by atoms with van der Waals surface area (Å²) in [6.45, 7) is 2.53. The van der Waals surface area contributed by atoms with Gasteiger partial charge in [0.05, 0.1) is 12.2 Å². The molecule has 1 atom stereocenters. The molecule has 0 saturated heterocycles. The van der Waals surface area contributed by atoms with Crippen LogP contribution in [0.5, 0.6) is 0 Å². The second kappa shape index (κ2) is 4.76. The van der Waals surface area contributed by atoms with Crippen molar-refractivity contribution in [2.24, 2.45) is 0 Å². The summed E-state index contributed by atoms with van der Waals surface area (Å²) in [5.74, 6) is 0. The summed E-state index contributed by atoms with van der Waals surface area (Å²) in [5, 5.41) is 9.60. The van der Waals surface area contributed by atoms with Crippen LogP contribution in [0.25, 0.3) is 0 Å². The summed E-state index contributed by atoms with van der Waals surface area (Å²) in [5.41, 5.74) is 3.14. The van der Waals surface area contributed by atoms with Crippen LogP contribution in [0.1, 0.15) is 18.2 Å². The minimum atomic E-state index is -0.0629. The standard InChI is InChI=1S/C14H16N4O/c1-10-8-11-4-2-3-5-13(11)18(10)14(19)15-9-12-6-7-16-17-12/h2-7,10H,8-9H2,1H3,(H,15,19)(H,16,17)/t10-/m0/s1. The van der Waals surface area contributed by atoms with Gasteiger partial charge >= 0.3 is 6.03 Å². The van der Waals surface area contributed by atoms with E-state index in [0.29, 0.717) is 6.54 Å². The largest absolute Gasteiger partial charge is 0.332 e. The van der Waals surface area contributed by atoms with Crippen LogP contribution in [0, 0.1) is 0 Å². The van der Waals surface area contributed by atoms with E-state index in [1.807, 2.05) is 29.2 Å². The average Bonchev–Trinajstić information content (AvgIpc) is 3.02. The maximum atomic E-state index is 12.3. The van der Waals surface area contributed by atoms with Crippen molar-refractivity contribution < 1.29 is 4.79 Å². The molecular weight excluding hydrogens is 240 g/mol. The molecule has 0 fully saturated rings. The molecule has 0 spiro atoms. The molecule has 2 heterocycles. The summed E-state index contributed by atoms with van der Waals surface area (Å²) in [7, 11) is 0. The molecular formula is C14H16N4O. The lowest BCUT2D eigenvalue weighted by atomic mass is 10.1. The first kappa shape index (κ1) is 11.8. The van der Waals surface area contributed by atoms with Crippen LogP contribution in [0.2, 0.25) is 0 Å². The number of aromatic nitrogens is 2. The zero-order chi connectivity index (χ0) is 13.2. The Hall–Kier alpha value is -2.30. The minimum Gasteiger partial charge on any atom is -0.332 e. The number of hydrogen-bond donors (Lipinski definition) is 2. The first-order chi connectivity index (χ1) is 9.25. The van der Waals surface area contributed by atoms with E-state index in [9.17, 15) is 4.79 Å². The highest BCUT2D eigenvalue weighted by molar-refractivity contribution is 5.94. The van der Waals surface area contributed by atoms with Crippen molar-refractivity contribution in [2.75, 3.05) is 4.90 Å². The Labute approximate surface area is 111 Å². The molecule has 5 nitrogen and oxygen atoms in total. The van der Waals surface area contributed by atoms with Crippen molar-refractivity contribution in [3.8, 4) is 0 Å². The van der Waals surface area contributed by atoms with Crippen molar-refractivity contribution in [1.29, 1.82) is 0 Å². The van der Waals surface area contributed by atoms with Crippen LogP contribution in [-0.4, -0.2) is 22.3 Å². The monoisotopic (exact) mass is 256 g/mol. The highest BCUT2D eigenvalue weighted by Crippen LogP contribution is 2.31. The number of nitrogens with zero attached hydrogens (tertiary/aromatic N) is 2. The molecule has 0 aliphatic carbocycles. The quantitative estimate of drug-likeness (QED) is 0.864. The summed E-state index contributed by atoms with van der Waals surface area (Å²) in [4.78, 5) is 14.1. The summed E-state index contributed by atoms with van der Waals surface area (Å²) in [6, 6.07) is 10.0. The van der Waals surface area contributed by atoms with Crippen LogP contribution in [0.3, 0.4) is 0 Å². The fraction of sp³-hybridized carbons (Fsp3) is 0.286. The number of H-pyrrole nitrogens is 1. The van der Waals surface area contributed by atoms with Gasteiger partial charge in [-0.05, 0) is 31.0 Å². The second-order valence-electron chi connectivity index (χ2n) is 4.79. The van der Waals surface area contributed by atoms with E-state index in [-0.39, 0.29) is 12.1 Å². The molecule has 2 aromatic rings. The molecule has 1 aromatic heterocycles. The molecule has 5 heteroatoms. The number of fused-ring (bicyclic) bond motifs is 1. The Kier molecular flexibility index (Phi) is 2.95. The molecule has 2 N–H and O–H groups in total. The van der Waals surface area contributed by atoms with Gasteiger partial charge in [-0.3, -0.25) is 10.00 Å². The lowest BCUT2D eigenvalue weighted by molar-refractivity contribution is 0.244. The van der Waals surface area contributed by atoms with Gasteiger partial charge in [0.1, 0.15) is 0 Å². The van der Waals surface area contributed by atoms with Gasteiger partial charge < -0.3 is 5.32 Å². The lowest BCUT2D eigenvalue weighted by Crippen LogP contribution is -2.43. The number of urea groups is 1. The molecule has 0 saturated carbocycles. The fourth-order valence-electron chi connectivity index (χ4n) is 2.51. The molecule has 3 rings (SSSR count). The summed E-state index contributed by atoms with van der Waals surface area (Å²) >= 11 is 0. The number of carbonyl (C=O) groups is 1. The number of hydrogen-bond acceptors (Lipinski definition) is 2. The highest BCUT2D eigenvalue weighted by atomic mass is 16.2. The van der Waals surface area contributed by atoms with Gasteiger partial charge in [-0.1, -0.05) is 18.2 Å². The van der Waals surface area contributed by atoms with E-state index >= 15 is 0 Å². The van der Waals surface area contributed by atoms with E-state index < -0.39 is 0 Å². The topological polar surface area (TPSA) is 61.0 Å². The van der Waals surface area contributed by atoms with E-state index in [0.717, 1.165) is 17.8 Å². The van der Waals surface area contributed by atoms with Crippen LogP contribution in [0.15, 0.2) is 36.5 Å². The van der Waals surface area contributed by atoms with Crippen LogP contribution in [-0.2, 0) is 13.0 Å². The highest BCUT2D eigenvalue weighted by Gasteiger charge is 2.30. The molecule has 0 unspecified atom stereocenters. The van der Waals surface area contributed by atoms with Crippen LogP contribution < -0.4 is 10.2 Å². The smallest absolute Gasteiger partial charge is 0.322 e. The molecule has 1 aliphatic rings. The molecule has 1 aromatic carbocycles. The van der Waals surface area contributed by atoms with Gasteiger partial charge in [0.2, 0.25) is 0 Å². The summed E-state index contributed by atoms with van der Waals surface area (Å²) in [6.07, 6.45) is 2.59. The van der Waals surface area contributed by atoms with Gasteiger partial charge in [0.25, 0.3) is 0 Å². The van der Waals surface area contributed by atoms with E-state index in [1.165, 1.54) is 5.56 Å². The van der Waals surface area contributed by atoms with Gasteiger partial charge in [0.15, 0.2) is 0 Å². The molecule has 98 valence electrons. The number of aromatic amines is 1. The predicted octanol–water partition coefficient (Wildman–Crippen LogP) is 2.07. The maximum Gasteiger partial charge on any atom is 0.322 e. The van der Waals surface area contributed by atoms with Crippen molar-refractivity contribution in [2.45, 2.75) is 25.9 Å². The Morgan fingerprint density at radius 1 is 1.47 bits per heavy atom. The van der Waals surface area contributed by atoms with Gasteiger partial charge in [0, 0.05) is 17.9 Å². The number of nitrogens with one attached hydrogen (secondary N) is 2. The molecule has 2 amide bonds. The van der Waals surface area contributed by atoms with Crippen LogP contribution >= 0.6 is 0 Å². The predicted molar refractivity (Wildman–Crippen MR) is 72.9 cm³/mol. The number of anilines is 1. The van der Waals surface area contributed by atoms with Crippen molar-refractivity contribution >= 4 is 11.7 Å². The number of amides is 2. The SMILES string of the molecule is C[C@H]1Cc2ccccc2N1C(=O)NCc1ccn[nH]1. The number of benzene rings is 1. The lowest BCUT2D eigenvalue weighted by Gasteiger charge is -2.22. The first-order valence-electron chi connectivity index (χ1n) is 6.39. The van der Waals surface area contributed by atoms with Gasteiger partial charge in [-0.2, -0.15) is 5.10 Å². The Bertz CT molecular complexity index is 579. The molecule has 0 bridgehead atoms. The first-order valence-corrected chi connectivity index (χ1v) is 6.39. The third kappa shape index (κ3) is 2.19. The number of carbonyl (C=O) groups excluding carboxylic acids is 1. The van der Waals surface area contributed by atoms with E-state index in [1.54, 1.807) is 6.20 Å². The van der Waals surface area contributed by atoms with E-state index in [2.05, 4.69) is 28.5 Å². The number of rotatable bonds is 2. The van der Waals surface area contributed by atoms with Gasteiger partial charge in [-0.25, -0.2) is 4.79 Å². The Balaban J connectivity index is 1.73. The maximum absolute atomic E-state index is 12.3. The normalized spacial score (nSPS) is 17.3. The third-order valence-electron chi connectivity index (χ3n) is 3.41. The Morgan fingerprint density at radius 2 is 2.32 bits per heavy atom. The van der Waals surface area contributed by atoms with Crippen molar-refractivity contribution in [3.05, 3.63) is 47.8 Å². The summed E-state index contributed by atoms with van der Waals surface area (Å²) < 4.78 is 0. The van der Waals surface area contributed by atoms with Crippen molar-refractivity contribution in [3.63, 3.8) is 0 Å². The average molecular weight is 256 g/mol. The van der Waals surface area contributed by atoms with Gasteiger partial charge in [-0.15, -0.1) is 0 Å². The molecule has 0 radical (unpaired) electrons. The third-order valence-corrected chi connectivity index (χ3v) is 3.41. The van der Waals surface area contributed by atoms with Crippen LogP contribution in [0.4, 0.5) is 10.5 Å². The zero-order valence-electron chi connectivity index (χ0n) is 10.8. The van der Waals surface area contributed by atoms with E-state index in [4.69, 9.17) is 0 Å². The fourth-order valence-corrected chi connectivity index (χ4v) is 2.51. The van der Waals surface area contributed by atoms with Crippen molar-refractivity contribution in [1.82, 2.24) is 15.5 Å². The molecule has 1 aliphatic heterocycles. The minimum absolute atomic E-state index is 0.0629. The number of para-hydroxylation sites is 1. The second-order valence-corrected chi connectivity index (χ2v) is 4.79. The Morgan fingerprint density at radius 3 is 3.11 bits per heavy atom. The molecule has 19 heavy (non-hydrogen) atoms. The zero-order valence-corrected chi connectivity index (χ0v) is 10.8.